The van der Waals surface area contributed by atoms with E-state index < -0.39 is 0 Å². The Morgan fingerprint density at radius 1 is 0.588 bits per heavy atom. The van der Waals surface area contributed by atoms with Crippen LogP contribution in [0.1, 0.15) is 169 Å². The lowest BCUT2D eigenvalue weighted by Crippen LogP contribution is -2.27. The highest BCUT2D eigenvalue weighted by Gasteiger charge is 2.59. The first-order chi connectivity index (χ1) is 32.9. The number of anilines is 2. The van der Waals surface area contributed by atoms with Gasteiger partial charge in [0.2, 0.25) is 0 Å². The number of fused-ring (bicyclic) bond motifs is 4. The first kappa shape index (κ1) is 46.3. The SMILES string of the molecule is COC(=O)C12CCC(CCNCc3cnc(C(=O)Nc4cccc(-c5cccc(NC(=O)c6cc(C7CC7)c(CNCCC78CCC(C(=O)OC)(CC7)C8)cn6)c5C)c4C)cc3C3CC3)(CC1)C2. The summed E-state index contributed by atoms with van der Waals surface area (Å²) in [6, 6.07) is 15.8. The smallest absolute Gasteiger partial charge is 0.311 e. The Balaban J connectivity index is 0.755. The predicted molar refractivity (Wildman–Crippen MR) is 262 cm³/mol. The summed E-state index contributed by atoms with van der Waals surface area (Å²) in [5, 5.41) is 13.7. The van der Waals surface area contributed by atoms with Crippen molar-refractivity contribution in [3.63, 3.8) is 0 Å². The van der Waals surface area contributed by atoms with Crippen LogP contribution in [0.2, 0.25) is 0 Å². The van der Waals surface area contributed by atoms with E-state index >= 15 is 0 Å². The van der Waals surface area contributed by atoms with Crippen LogP contribution in [0.4, 0.5) is 11.4 Å². The number of hydrogen-bond acceptors (Lipinski definition) is 10. The van der Waals surface area contributed by atoms with Gasteiger partial charge in [-0.3, -0.25) is 29.1 Å². The zero-order chi connectivity index (χ0) is 47.3. The van der Waals surface area contributed by atoms with Crippen LogP contribution >= 0.6 is 0 Å². The summed E-state index contributed by atoms with van der Waals surface area (Å²) >= 11 is 0. The molecule has 0 unspecified atom stereocenters. The first-order valence-corrected chi connectivity index (χ1v) is 25.3. The third-order valence-corrected chi connectivity index (χ3v) is 17.5. The molecule has 68 heavy (non-hydrogen) atoms. The summed E-state index contributed by atoms with van der Waals surface area (Å²) in [6.45, 7) is 7.18. The molecule has 0 aliphatic heterocycles. The molecule has 10 rings (SSSR count). The van der Waals surface area contributed by atoms with Gasteiger partial charge in [0, 0.05) is 36.9 Å². The van der Waals surface area contributed by atoms with Crippen LogP contribution in [-0.4, -0.2) is 61.0 Å². The molecule has 2 aromatic carbocycles. The van der Waals surface area contributed by atoms with Gasteiger partial charge in [0.1, 0.15) is 11.4 Å². The number of amides is 2. The lowest BCUT2D eigenvalue weighted by Gasteiger charge is -2.27. The van der Waals surface area contributed by atoms with Crippen molar-refractivity contribution in [1.29, 1.82) is 0 Å². The zero-order valence-electron chi connectivity index (χ0n) is 40.4. The number of nitrogens with one attached hydrogen (secondary N) is 4. The van der Waals surface area contributed by atoms with Crippen molar-refractivity contribution in [2.75, 3.05) is 37.9 Å². The third-order valence-electron chi connectivity index (χ3n) is 17.5. The van der Waals surface area contributed by atoms with Crippen LogP contribution in [0.3, 0.4) is 0 Å². The average Bonchev–Trinajstić information content (AvgIpc) is 4.26. The van der Waals surface area contributed by atoms with Gasteiger partial charge in [0.25, 0.3) is 11.8 Å². The van der Waals surface area contributed by atoms with Crippen molar-refractivity contribution in [2.45, 2.75) is 142 Å². The number of rotatable bonds is 19. The van der Waals surface area contributed by atoms with Crippen molar-refractivity contribution < 1.29 is 28.7 Å². The van der Waals surface area contributed by atoms with E-state index in [9.17, 15) is 19.2 Å². The average molecular weight is 921 g/mol. The van der Waals surface area contributed by atoms with Crippen LogP contribution in [0.25, 0.3) is 11.1 Å². The van der Waals surface area contributed by atoms with E-state index in [-0.39, 0.29) is 45.4 Å². The minimum atomic E-state index is -0.264. The summed E-state index contributed by atoms with van der Waals surface area (Å²) in [6.07, 6.45) is 20.3. The van der Waals surface area contributed by atoms with Gasteiger partial charge in [-0.15, -0.1) is 0 Å². The van der Waals surface area contributed by atoms with Gasteiger partial charge >= 0.3 is 11.9 Å². The number of carbonyl (C=O) groups is 4. The van der Waals surface area contributed by atoms with E-state index in [1.807, 2.05) is 74.8 Å². The quantitative estimate of drug-likeness (QED) is 0.0527. The van der Waals surface area contributed by atoms with Gasteiger partial charge in [-0.1, -0.05) is 24.3 Å². The molecular weight excluding hydrogens is 853 g/mol. The number of pyridine rings is 2. The van der Waals surface area contributed by atoms with Crippen LogP contribution in [0.5, 0.6) is 0 Å². The number of esters is 2. The predicted octanol–water partition coefficient (Wildman–Crippen LogP) is 10.2. The lowest BCUT2D eigenvalue weighted by molar-refractivity contribution is -0.153. The molecule has 0 saturated heterocycles. The highest BCUT2D eigenvalue weighted by atomic mass is 16.5. The van der Waals surface area contributed by atoms with Crippen LogP contribution in [-0.2, 0) is 32.2 Å². The second kappa shape index (κ2) is 18.5. The van der Waals surface area contributed by atoms with Gasteiger partial charge in [-0.25, -0.2) is 0 Å². The summed E-state index contributed by atoms with van der Waals surface area (Å²) in [5.41, 5.74) is 10.6. The molecule has 6 aliphatic rings. The molecule has 6 saturated carbocycles. The molecule has 6 fully saturated rings. The van der Waals surface area contributed by atoms with Crippen molar-refractivity contribution in [3.05, 3.63) is 106 Å². The lowest BCUT2D eigenvalue weighted by atomic mass is 9.80. The molecule has 6 aliphatic carbocycles. The number of carbonyl (C=O) groups excluding carboxylic acids is 4. The van der Waals surface area contributed by atoms with E-state index in [0.29, 0.717) is 47.7 Å². The van der Waals surface area contributed by atoms with Crippen molar-refractivity contribution in [1.82, 2.24) is 20.6 Å². The third kappa shape index (κ3) is 8.99. The molecule has 2 aromatic heterocycles. The zero-order valence-corrected chi connectivity index (χ0v) is 40.4. The standard InChI is InChI=1S/C56H68N6O6/c1-35-41(7-5-9-45(35)61-49(63)47-27-43(37-11-12-37)39(31-59-47)29-57-25-23-53-15-19-55(33-53,20-16-53)51(65)67-3)42-8-6-10-46(36(42)2)62-50(64)48-28-44(38-13-14-38)40(32-60-48)30-58-26-24-54-17-21-56(34-54,22-18-54)52(66)68-4/h5-10,27-28,31-32,37-38,57-58H,11-26,29-30,33-34H2,1-4H3,(H,61,63)(H,62,64). The molecule has 12 heteroatoms. The summed E-state index contributed by atoms with van der Waals surface area (Å²) in [4.78, 5) is 62.1. The highest BCUT2D eigenvalue weighted by Crippen LogP contribution is 2.64. The molecule has 4 N–H and O–H groups in total. The molecule has 4 bridgehead atoms. The molecule has 0 spiro atoms. The highest BCUT2D eigenvalue weighted by molar-refractivity contribution is 6.05. The fourth-order valence-corrected chi connectivity index (χ4v) is 13.1. The Hall–Kier alpha value is -5.46. The molecule has 4 aromatic rings. The Bertz CT molecular complexity index is 2440. The number of aromatic nitrogens is 2. The Labute approximate surface area is 400 Å². The first-order valence-electron chi connectivity index (χ1n) is 25.3. The van der Waals surface area contributed by atoms with Crippen LogP contribution in [0.15, 0.2) is 60.9 Å². The molecule has 2 amide bonds. The molecule has 0 radical (unpaired) electrons. The van der Waals surface area contributed by atoms with Crippen LogP contribution < -0.4 is 21.3 Å². The maximum absolute atomic E-state index is 13.8. The van der Waals surface area contributed by atoms with Crippen molar-refractivity contribution in [2.24, 2.45) is 21.7 Å². The van der Waals surface area contributed by atoms with Gasteiger partial charge < -0.3 is 30.7 Å². The number of nitrogens with zero attached hydrogens (tertiary/aromatic N) is 2. The summed E-state index contributed by atoms with van der Waals surface area (Å²) in [7, 11) is 3.02. The van der Waals surface area contributed by atoms with E-state index in [2.05, 4.69) is 31.2 Å². The van der Waals surface area contributed by atoms with E-state index in [4.69, 9.17) is 9.47 Å². The monoisotopic (exact) mass is 921 g/mol. The van der Waals surface area contributed by atoms with Gasteiger partial charge in [0.05, 0.1) is 25.0 Å². The normalized spacial score (nSPS) is 25.6. The van der Waals surface area contributed by atoms with E-state index in [1.165, 1.54) is 25.3 Å². The Morgan fingerprint density at radius 2 is 0.985 bits per heavy atom. The topological polar surface area (TPSA) is 161 Å². The molecule has 0 atom stereocenters. The molecule has 2 heterocycles. The van der Waals surface area contributed by atoms with Crippen LogP contribution in [0, 0.1) is 35.5 Å². The van der Waals surface area contributed by atoms with Crippen molar-refractivity contribution in [3.8, 4) is 11.1 Å². The van der Waals surface area contributed by atoms with Gasteiger partial charge in [-0.2, -0.15) is 0 Å². The minimum Gasteiger partial charge on any atom is -0.469 e. The number of hydrogen-bond donors (Lipinski definition) is 4. The molecule has 12 nitrogen and oxygen atoms in total. The molecular formula is C56H68N6O6. The molecule has 358 valence electrons. The number of benzene rings is 2. The van der Waals surface area contributed by atoms with Crippen molar-refractivity contribution >= 4 is 35.1 Å². The maximum Gasteiger partial charge on any atom is 0.311 e. The second-order valence-corrected chi connectivity index (χ2v) is 21.7. The summed E-state index contributed by atoms with van der Waals surface area (Å²) in [5.74, 6) is 0.343. The fourth-order valence-electron chi connectivity index (χ4n) is 13.1. The van der Waals surface area contributed by atoms with E-state index in [0.717, 1.165) is 149 Å². The Morgan fingerprint density at radius 3 is 1.35 bits per heavy atom. The van der Waals surface area contributed by atoms with Gasteiger partial charge in [-0.05, 0) is 221 Å². The minimum absolute atomic E-state index is 0.0294. The van der Waals surface area contributed by atoms with Gasteiger partial charge in [0.15, 0.2) is 0 Å². The fraction of sp³-hybridized carbons (Fsp3) is 0.536. The number of methoxy groups -OCH3 is 2. The Kier molecular flexibility index (Phi) is 12.6. The number of ether oxygens (including phenoxy) is 2. The second-order valence-electron chi connectivity index (χ2n) is 21.7. The summed E-state index contributed by atoms with van der Waals surface area (Å²) < 4.78 is 10.3. The van der Waals surface area contributed by atoms with E-state index in [1.54, 1.807) is 0 Å². The maximum atomic E-state index is 13.8. The largest absolute Gasteiger partial charge is 0.469 e.